The van der Waals surface area contributed by atoms with Crippen LogP contribution in [0.2, 0.25) is 0 Å². The van der Waals surface area contributed by atoms with Crippen molar-refractivity contribution in [2.24, 2.45) is 0 Å². The summed E-state index contributed by atoms with van der Waals surface area (Å²) in [5.74, 6) is 0. The summed E-state index contributed by atoms with van der Waals surface area (Å²) in [7, 11) is 0. The molecule has 1 heterocycles. The van der Waals surface area contributed by atoms with Gasteiger partial charge in [0.15, 0.2) is 0 Å². The van der Waals surface area contributed by atoms with E-state index in [4.69, 9.17) is 0 Å². The molecule has 0 saturated carbocycles. The summed E-state index contributed by atoms with van der Waals surface area (Å²) < 4.78 is 0. The number of aryl methyl sites for hydroxylation is 2. The van der Waals surface area contributed by atoms with Crippen LogP contribution in [-0.4, -0.2) is 22.7 Å². The van der Waals surface area contributed by atoms with E-state index in [1.807, 2.05) is 38.1 Å². The van der Waals surface area contributed by atoms with Gasteiger partial charge >= 0.3 is 6.03 Å². The monoisotopic (exact) mass is 285 g/mol. The molecule has 0 bridgehead atoms. The number of carbonyl (C=O) groups excluding carboxylic acids is 1. The highest BCUT2D eigenvalue weighted by Crippen LogP contribution is 2.13. The lowest BCUT2D eigenvalue weighted by molar-refractivity contribution is 0.175. The third kappa shape index (κ3) is 4.57. The number of hydrogen-bond donors (Lipinski definition) is 3. The standard InChI is InChI=1S/C16H19N3O2/c1-11-3-5-13(6-4-11)15(20)10-18-16(21)19-14-7-8-17-12(2)9-14/h3-9,15,20H,10H2,1-2H3,(H2,17,18,19,21). The van der Waals surface area contributed by atoms with Gasteiger partial charge in [-0.15, -0.1) is 0 Å². The first-order chi connectivity index (χ1) is 10.0. The number of aliphatic hydroxyl groups excluding tert-OH is 1. The largest absolute Gasteiger partial charge is 0.387 e. The fourth-order valence-electron chi connectivity index (χ4n) is 1.89. The Labute approximate surface area is 124 Å². The third-order valence-corrected chi connectivity index (χ3v) is 3.07. The minimum atomic E-state index is -0.726. The second-order valence-corrected chi connectivity index (χ2v) is 4.95. The number of rotatable bonds is 4. The van der Waals surface area contributed by atoms with E-state index in [0.29, 0.717) is 5.69 Å². The van der Waals surface area contributed by atoms with Crippen LogP contribution in [0.5, 0.6) is 0 Å². The number of aliphatic hydroxyl groups is 1. The Morgan fingerprint density at radius 1 is 1.24 bits per heavy atom. The molecule has 1 aromatic heterocycles. The Kier molecular flexibility index (Phi) is 4.90. The van der Waals surface area contributed by atoms with Crippen molar-refractivity contribution in [2.45, 2.75) is 20.0 Å². The van der Waals surface area contributed by atoms with E-state index in [-0.39, 0.29) is 12.6 Å². The summed E-state index contributed by atoms with van der Waals surface area (Å²) in [5, 5.41) is 15.4. The molecule has 0 radical (unpaired) electrons. The maximum Gasteiger partial charge on any atom is 0.319 e. The summed E-state index contributed by atoms with van der Waals surface area (Å²) in [6, 6.07) is 10.7. The molecule has 1 atom stereocenters. The highest BCUT2D eigenvalue weighted by atomic mass is 16.3. The Bertz CT molecular complexity index is 611. The topological polar surface area (TPSA) is 74.2 Å². The van der Waals surface area contributed by atoms with Crippen molar-refractivity contribution >= 4 is 11.7 Å². The van der Waals surface area contributed by atoms with Crippen LogP contribution in [0.15, 0.2) is 42.6 Å². The highest BCUT2D eigenvalue weighted by Gasteiger charge is 2.09. The van der Waals surface area contributed by atoms with Crippen LogP contribution in [0.1, 0.15) is 22.9 Å². The number of amides is 2. The Morgan fingerprint density at radius 2 is 1.95 bits per heavy atom. The molecule has 0 saturated heterocycles. The van der Waals surface area contributed by atoms with Gasteiger partial charge in [-0.25, -0.2) is 4.79 Å². The molecule has 0 aliphatic heterocycles. The van der Waals surface area contributed by atoms with E-state index in [2.05, 4.69) is 15.6 Å². The summed E-state index contributed by atoms with van der Waals surface area (Å²) in [5.41, 5.74) is 3.41. The lowest BCUT2D eigenvalue weighted by atomic mass is 10.1. The third-order valence-electron chi connectivity index (χ3n) is 3.07. The minimum Gasteiger partial charge on any atom is -0.387 e. The molecule has 0 spiro atoms. The van der Waals surface area contributed by atoms with Crippen LogP contribution in [0.4, 0.5) is 10.5 Å². The van der Waals surface area contributed by atoms with Crippen molar-refractivity contribution in [3.05, 3.63) is 59.4 Å². The molecule has 2 amide bonds. The minimum absolute atomic E-state index is 0.152. The van der Waals surface area contributed by atoms with Crippen molar-refractivity contribution in [3.8, 4) is 0 Å². The molecule has 5 heteroatoms. The van der Waals surface area contributed by atoms with Crippen molar-refractivity contribution in [1.29, 1.82) is 0 Å². The predicted molar refractivity (Wildman–Crippen MR) is 82.1 cm³/mol. The lowest BCUT2D eigenvalue weighted by Crippen LogP contribution is -2.32. The van der Waals surface area contributed by atoms with Gasteiger partial charge in [0.1, 0.15) is 0 Å². The fraction of sp³-hybridized carbons (Fsp3) is 0.250. The Balaban J connectivity index is 1.84. The molecular weight excluding hydrogens is 266 g/mol. The zero-order valence-electron chi connectivity index (χ0n) is 12.1. The van der Waals surface area contributed by atoms with E-state index < -0.39 is 6.10 Å². The SMILES string of the molecule is Cc1ccc(C(O)CNC(=O)Nc2ccnc(C)c2)cc1. The van der Waals surface area contributed by atoms with Gasteiger partial charge in [0.05, 0.1) is 6.10 Å². The van der Waals surface area contributed by atoms with Crippen LogP contribution in [-0.2, 0) is 0 Å². The van der Waals surface area contributed by atoms with E-state index in [9.17, 15) is 9.90 Å². The first kappa shape index (κ1) is 15.0. The number of pyridine rings is 1. The van der Waals surface area contributed by atoms with Crippen molar-refractivity contribution in [1.82, 2.24) is 10.3 Å². The van der Waals surface area contributed by atoms with Gasteiger partial charge < -0.3 is 15.7 Å². The quantitative estimate of drug-likeness (QED) is 0.808. The van der Waals surface area contributed by atoms with Crippen LogP contribution < -0.4 is 10.6 Å². The molecule has 0 aliphatic carbocycles. The smallest absolute Gasteiger partial charge is 0.319 e. The zero-order valence-corrected chi connectivity index (χ0v) is 12.1. The Hall–Kier alpha value is -2.40. The molecule has 0 fully saturated rings. The fourth-order valence-corrected chi connectivity index (χ4v) is 1.89. The predicted octanol–water partition coefficient (Wildman–Crippen LogP) is 2.55. The average molecular weight is 285 g/mol. The zero-order chi connectivity index (χ0) is 15.2. The molecule has 5 nitrogen and oxygen atoms in total. The lowest BCUT2D eigenvalue weighted by Gasteiger charge is -2.13. The van der Waals surface area contributed by atoms with Crippen LogP contribution in [0, 0.1) is 13.8 Å². The first-order valence-corrected chi connectivity index (χ1v) is 6.77. The number of nitrogens with zero attached hydrogens (tertiary/aromatic N) is 1. The van der Waals surface area contributed by atoms with E-state index in [1.165, 1.54) is 0 Å². The number of anilines is 1. The second-order valence-electron chi connectivity index (χ2n) is 4.95. The van der Waals surface area contributed by atoms with Crippen LogP contribution >= 0.6 is 0 Å². The summed E-state index contributed by atoms with van der Waals surface area (Å²) in [4.78, 5) is 15.8. The normalized spacial score (nSPS) is 11.8. The van der Waals surface area contributed by atoms with Crippen molar-refractivity contribution in [3.63, 3.8) is 0 Å². The molecule has 2 rings (SSSR count). The molecule has 21 heavy (non-hydrogen) atoms. The van der Waals surface area contributed by atoms with Gasteiger partial charge in [-0.2, -0.15) is 0 Å². The van der Waals surface area contributed by atoms with Gasteiger partial charge in [0.2, 0.25) is 0 Å². The van der Waals surface area contributed by atoms with Crippen LogP contribution in [0.3, 0.4) is 0 Å². The van der Waals surface area contributed by atoms with Crippen molar-refractivity contribution < 1.29 is 9.90 Å². The maximum atomic E-state index is 11.8. The first-order valence-electron chi connectivity index (χ1n) is 6.77. The van der Waals surface area contributed by atoms with Gasteiger partial charge in [-0.3, -0.25) is 4.98 Å². The number of aromatic nitrogens is 1. The summed E-state index contributed by atoms with van der Waals surface area (Å²) in [6.45, 7) is 3.99. The second kappa shape index (κ2) is 6.85. The van der Waals surface area contributed by atoms with Gasteiger partial charge in [-0.1, -0.05) is 29.8 Å². The molecule has 1 aromatic carbocycles. The number of benzene rings is 1. The maximum absolute atomic E-state index is 11.8. The highest BCUT2D eigenvalue weighted by molar-refractivity contribution is 5.89. The molecule has 110 valence electrons. The Morgan fingerprint density at radius 3 is 2.62 bits per heavy atom. The van der Waals surface area contributed by atoms with Gasteiger partial charge in [0.25, 0.3) is 0 Å². The number of hydrogen-bond acceptors (Lipinski definition) is 3. The van der Waals surface area contributed by atoms with Crippen LogP contribution in [0.25, 0.3) is 0 Å². The molecule has 1 unspecified atom stereocenters. The summed E-state index contributed by atoms with van der Waals surface area (Å²) >= 11 is 0. The van der Waals surface area contributed by atoms with Gasteiger partial charge in [0, 0.05) is 24.1 Å². The van der Waals surface area contributed by atoms with E-state index in [1.54, 1.807) is 18.3 Å². The summed E-state index contributed by atoms with van der Waals surface area (Å²) in [6.07, 6.45) is 0.905. The van der Waals surface area contributed by atoms with E-state index >= 15 is 0 Å². The number of carbonyl (C=O) groups is 1. The number of urea groups is 1. The number of nitrogens with one attached hydrogen (secondary N) is 2. The molecule has 3 N–H and O–H groups in total. The molecule has 2 aromatic rings. The molecule has 0 aliphatic rings. The van der Waals surface area contributed by atoms with Crippen molar-refractivity contribution in [2.75, 3.05) is 11.9 Å². The van der Waals surface area contributed by atoms with E-state index in [0.717, 1.165) is 16.8 Å². The molecular formula is C16H19N3O2. The van der Waals surface area contributed by atoms with Gasteiger partial charge in [-0.05, 0) is 31.5 Å². The average Bonchev–Trinajstić information content (AvgIpc) is 2.45.